The van der Waals surface area contributed by atoms with Crippen molar-refractivity contribution in [1.29, 1.82) is 0 Å². The monoisotopic (exact) mass is 878 g/mol. The van der Waals surface area contributed by atoms with E-state index in [4.69, 9.17) is 33.9 Å². The summed E-state index contributed by atoms with van der Waals surface area (Å²) < 4.78 is 10.7. The molecule has 8 rings (SSSR count). The molecule has 4 unspecified atom stereocenters. The number of aldehydes is 1. The van der Waals surface area contributed by atoms with E-state index in [-0.39, 0.29) is 43.1 Å². The summed E-state index contributed by atoms with van der Waals surface area (Å²) in [6.45, 7) is 11.4. The summed E-state index contributed by atoms with van der Waals surface area (Å²) in [7, 11) is 0. The summed E-state index contributed by atoms with van der Waals surface area (Å²) >= 11 is 13.0. The standard InChI is InChI=1S/C22H26N2O3S2.C14H17NO.C8H11NO3S2/c1-3-23-17-7-5-6-15(17)16-12-14(8-9-18(16)23)13-19-21(26)24(22(28)29-19)11-10-20(25)27-4-2;1-2-15-13-5-3-4-11(13)12-8-10(9-16)6-7-14(12)15;1-2-12-7(11)3-4-9-6(10)5-14-8(9)13/h8-9,12-13,15,17H,3-7,10-11H2,1-2H3;6-9,11,13H,2-5H2,1H3;2-5H2,1H3/b19-13+;;. The number of rotatable bonds is 12. The van der Waals surface area contributed by atoms with Crippen LogP contribution in [0.3, 0.4) is 0 Å². The van der Waals surface area contributed by atoms with Gasteiger partial charge in [0, 0.05) is 67.0 Å². The number of thioether (sulfide) groups is 2. The van der Waals surface area contributed by atoms with E-state index >= 15 is 0 Å². The Morgan fingerprint density at radius 1 is 0.746 bits per heavy atom. The summed E-state index contributed by atoms with van der Waals surface area (Å²) in [5, 5.41) is 0. The van der Waals surface area contributed by atoms with Gasteiger partial charge in [0.1, 0.15) is 14.9 Å². The van der Waals surface area contributed by atoms with Crippen molar-refractivity contribution in [2.24, 2.45) is 0 Å². The Morgan fingerprint density at radius 3 is 1.76 bits per heavy atom. The van der Waals surface area contributed by atoms with Gasteiger partial charge in [-0.2, -0.15) is 0 Å². The average Bonchev–Trinajstić information content (AvgIpc) is 4.08. The second kappa shape index (κ2) is 20.7. The fourth-order valence-corrected chi connectivity index (χ4v) is 11.7. The highest BCUT2D eigenvalue weighted by atomic mass is 32.2. The number of thiocarbonyl (C=S) groups is 2. The number of carbonyl (C=O) groups excluding carboxylic acids is 5. The number of benzene rings is 2. The zero-order valence-corrected chi connectivity index (χ0v) is 37.6. The summed E-state index contributed by atoms with van der Waals surface area (Å²) in [6, 6.07) is 14.0. The van der Waals surface area contributed by atoms with Crippen molar-refractivity contribution in [2.75, 3.05) is 54.9 Å². The van der Waals surface area contributed by atoms with Crippen molar-refractivity contribution in [2.45, 2.75) is 103 Å². The van der Waals surface area contributed by atoms with Gasteiger partial charge in [-0.15, -0.1) is 0 Å². The first kappa shape index (κ1) is 44.8. The van der Waals surface area contributed by atoms with Gasteiger partial charge < -0.3 is 19.3 Å². The molecule has 4 heterocycles. The molecular weight excluding hydrogens is 825 g/mol. The fraction of sp³-hybridized carbons (Fsp3) is 0.523. The van der Waals surface area contributed by atoms with Crippen molar-refractivity contribution in [1.82, 2.24) is 9.80 Å². The summed E-state index contributed by atoms with van der Waals surface area (Å²) in [6.07, 6.45) is 11.0. The molecule has 0 N–H and O–H groups in total. The van der Waals surface area contributed by atoms with Gasteiger partial charge in [0.05, 0.1) is 36.7 Å². The van der Waals surface area contributed by atoms with Crippen LogP contribution in [0, 0.1) is 0 Å². The van der Waals surface area contributed by atoms with E-state index in [1.165, 1.54) is 94.4 Å². The molecule has 6 aliphatic rings. The smallest absolute Gasteiger partial charge is 0.307 e. The fourth-order valence-electron chi connectivity index (χ4n) is 9.26. The summed E-state index contributed by atoms with van der Waals surface area (Å²) in [5.41, 5.74) is 7.40. The van der Waals surface area contributed by atoms with E-state index in [0.717, 1.165) is 30.5 Å². The van der Waals surface area contributed by atoms with Gasteiger partial charge >= 0.3 is 11.9 Å². The third-order valence-corrected chi connectivity index (χ3v) is 14.6. The highest BCUT2D eigenvalue weighted by Gasteiger charge is 2.42. The predicted octanol–water partition coefficient (Wildman–Crippen LogP) is 8.09. The van der Waals surface area contributed by atoms with E-state index in [0.29, 0.717) is 63.0 Å². The largest absolute Gasteiger partial charge is 0.466 e. The first-order valence-electron chi connectivity index (χ1n) is 20.8. The van der Waals surface area contributed by atoms with E-state index < -0.39 is 0 Å². The molecule has 0 spiro atoms. The number of ether oxygens (including phenoxy) is 2. The number of esters is 2. The molecule has 2 aliphatic carbocycles. The molecule has 316 valence electrons. The molecule has 0 radical (unpaired) electrons. The molecule has 0 aromatic heterocycles. The number of hydrogen-bond acceptors (Lipinski definition) is 13. The molecule has 2 amide bonds. The van der Waals surface area contributed by atoms with Crippen LogP contribution in [0.4, 0.5) is 11.4 Å². The molecule has 4 aliphatic heterocycles. The number of fused-ring (bicyclic) bond motifs is 6. The summed E-state index contributed by atoms with van der Waals surface area (Å²) in [4.78, 5) is 66.1. The van der Waals surface area contributed by atoms with E-state index in [9.17, 15) is 24.0 Å². The van der Waals surface area contributed by atoms with E-state index in [1.54, 1.807) is 13.8 Å². The molecule has 15 heteroatoms. The third kappa shape index (κ3) is 10.1. The van der Waals surface area contributed by atoms with Gasteiger partial charge in [0.25, 0.3) is 5.91 Å². The zero-order chi connectivity index (χ0) is 42.2. The molecule has 2 aromatic rings. The Morgan fingerprint density at radius 2 is 1.27 bits per heavy atom. The molecule has 11 nitrogen and oxygen atoms in total. The van der Waals surface area contributed by atoms with E-state index in [1.807, 2.05) is 12.1 Å². The van der Waals surface area contributed by atoms with Crippen LogP contribution in [-0.2, 0) is 28.7 Å². The number of hydrogen-bond donors (Lipinski definition) is 0. The van der Waals surface area contributed by atoms with Gasteiger partial charge in [0.2, 0.25) is 5.91 Å². The highest BCUT2D eigenvalue weighted by Crippen LogP contribution is 2.50. The molecular formula is C44H54N4O7S4. The topological polar surface area (TPSA) is 117 Å². The Labute approximate surface area is 366 Å². The van der Waals surface area contributed by atoms with Gasteiger partial charge in [-0.3, -0.25) is 33.8 Å². The number of likely N-dealkylation sites (N-methyl/N-ethyl adjacent to an activating group) is 2. The van der Waals surface area contributed by atoms with Crippen molar-refractivity contribution in [3.63, 3.8) is 0 Å². The maximum atomic E-state index is 12.8. The maximum Gasteiger partial charge on any atom is 0.307 e. The Balaban J connectivity index is 0.000000164. The first-order chi connectivity index (χ1) is 28.5. The van der Waals surface area contributed by atoms with Crippen LogP contribution >= 0.6 is 48.0 Å². The van der Waals surface area contributed by atoms with Gasteiger partial charge in [-0.25, -0.2) is 0 Å². The normalized spacial score (nSPS) is 23.1. The van der Waals surface area contributed by atoms with Crippen LogP contribution < -0.4 is 9.80 Å². The quantitative estimate of drug-likeness (QED) is 0.0886. The second-order valence-electron chi connectivity index (χ2n) is 15.1. The predicted molar refractivity (Wildman–Crippen MR) is 244 cm³/mol. The SMILES string of the molecule is CCN1c2ccc(C=O)cc2C2CCCC21.CCOC(=O)CCN1C(=O)/C(=C\c2ccc3c(c2)C2CCCC2N3CC)SC1=S.CCOC(=O)CCN1C(=O)CSC1=S. The van der Waals surface area contributed by atoms with Crippen LogP contribution in [0.25, 0.3) is 6.08 Å². The van der Waals surface area contributed by atoms with Crippen molar-refractivity contribution in [3.05, 3.63) is 63.6 Å². The Bertz CT molecular complexity index is 1980. The second-order valence-corrected chi connectivity index (χ2v) is 18.4. The van der Waals surface area contributed by atoms with Crippen LogP contribution in [0.2, 0.25) is 0 Å². The van der Waals surface area contributed by atoms with Gasteiger partial charge in [-0.05, 0) is 106 Å². The first-order valence-corrected chi connectivity index (χ1v) is 23.4. The zero-order valence-electron chi connectivity index (χ0n) is 34.3. The highest BCUT2D eigenvalue weighted by molar-refractivity contribution is 8.26. The summed E-state index contributed by atoms with van der Waals surface area (Å²) in [5.74, 6) is 0.924. The van der Waals surface area contributed by atoms with Gasteiger partial charge in [0.15, 0.2) is 0 Å². The van der Waals surface area contributed by atoms with Crippen molar-refractivity contribution >= 4 is 104 Å². The van der Waals surface area contributed by atoms with Crippen molar-refractivity contribution < 1.29 is 33.4 Å². The molecule has 2 aromatic carbocycles. The lowest BCUT2D eigenvalue weighted by atomic mass is 9.96. The Kier molecular flexibility index (Phi) is 15.7. The molecule has 4 fully saturated rings. The minimum Gasteiger partial charge on any atom is -0.466 e. The van der Waals surface area contributed by atoms with Crippen LogP contribution in [0.5, 0.6) is 0 Å². The van der Waals surface area contributed by atoms with Crippen LogP contribution in [0.15, 0.2) is 41.3 Å². The molecule has 59 heavy (non-hydrogen) atoms. The van der Waals surface area contributed by atoms with Gasteiger partial charge in [-0.1, -0.05) is 66.9 Å². The minimum atomic E-state index is -0.309. The molecule has 2 saturated carbocycles. The third-order valence-electron chi connectivity index (χ3n) is 11.8. The molecule has 0 bridgehead atoms. The lowest BCUT2D eigenvalue weighted by Crippen LogP contribution is -2.31. The lowest BCUT2D eigenvalue weighted by molar-refractivity contribution is -0.144. The number of anilines is 2. The lowest BCUT2D eigenvalue weighted by Gasteiger charge is -2.25. The van der Waals surface area contributed by atoms with Crippen LogP contribution in [-0.4, -0.2) is 106 Å². The molecule has 4 atom stereocenters. The average molecular weight is 879 g/mol. The minimum absolute atomic E-state index is 0.0238. The molecule has 2 saturated heterocycles. The number of nitrogens with zero attached hydrogens (tertiary/aromatic N) is 4. The van der Waals surface area contributed by atoms with E-state index in [2.05, 4.69) is 54.0 Å². The number of amides is 2. The van der Waals surface area contributed by atoms with Crippen molar-refractivity contribution in [3.8, 4) is 0 Å². The maximum absolute atomic E-state index is 12.8. The van der Waals surface area contributed by atoms with Crippen LogP contribution in [0.1, 0.15) is 118 Å². The number of carbonyl (C=O) groups is 5. The Hall–Kier alpha value is -3.79.